The Kier molecular flexibility index (Phi) is 4.59. The Labute approximate surface area is 150 Å². The second kappa shape index (κ2) is 7.16. The van der Waals surface area contributed by atoms with Crippen LogP contribution in [-0.4, -0.2) is 15.2 Å². The summed E-state index contributed by atoms with van der Waals surface area (Å²) in [6, 6.07) is 13.9. The number of hydrogen-bond acceptors (Lipinski definition) is 8. The van der Waals surface area contributed by atoms with Crippen LogP contribution in [0, 0.1) is 0 Å². The molecule has 120 valence electrons. The van der Waals surface area contributed by atoms with Crippen LogP contribution in [-0.2, 0) is 5.75 Å². The Morgan fingerprint density at radius 3 is 2.79 bits per heavy atom. The number of thiophene rings is 1. The summed E-state index contributed by atoms with van der Waals surface area (Å²) in [4.78, 5) is 5.56. The molecule has 0 aliphatic heterocycles. The molecule has 0 saturated carbocycles. The van der Waals surface area contributed by atoms with E-state index in [2.05, 4.69) is 20.5 Å². The highest BCUT2D eigenvalue weighted by Gasteiger charge is 2.11. The van der Waals surface area contributed by atoms with E-state index in [1.54, 1.807) is 22.7 Å². The number of hydrogen-bond donors (Lipinski definition) is 1. The molecule has 1 N–H and O–H groups in total. The predicted octanol–water partition coefficient (Wildman–Crippen LogP) is 5.29. The lowest BCUT2D eigenvalue weighted by Gasteiger charge is -2.00. The van der Waals surface area contributed by atoms with Gasteiger partial charge in [-0.05, 0) is 23.6 Å². The maximum Gasteiger partial charge on any atom is 0.277 e. The monoisotopic (exact) mass is 372 g/mol. The van der Waals surface area contributed by atoms with E-state index in [4.69, 9.17) is 4.42 Å². The van der Waals surface area contributed by atoms with Gasteiger partial charge in [0, 0.05) is 16.8 Å². The molecular formula is C16H12N4OS3. The Bertz CT molecular complexity index is 902. The molecule has 1 aromatic carbocycles. The quantitative estimate of drug-likeness (QED) is 0.464. The van der Waals surface area contributed by atoms with Crippen LogP contribution in [0.3, 0.4) is 0 Å². The Morgan fingerprint density at radius 1 is 1.04 bits per heavy atom. The first-order valence-electron chi connectivity index (χ1n) is 7.13. The largest absolute Gasteiger partial charge is 0.410 e. The summed E-state index contributed by atoms with van der Waals surface area (Å²) in [5, 5.41) is 16.9. The molecule has 0 fully saturated rings. The van der Waals surface area contributed by atoms with Crippen molar-refractivity contribution < 1.29 is 4.42 Å². The van der Waals surface area contributed by atoms with Crippen molar-refractivity contribution in [3.63, 3.8) is 0 Å². The molecule has 8 heteroatoms. The molecule has 0 bridgehead atoms. The minimum absolute atomic E-state index is 0.559. The van der Waals surface area contributed by atoms with Gasteiger partial charge in [-0.2, -0.15) is 0 Å². The lowest BCUT2D eigenvalue weighted by atomic mass is 10.3. The van der Waals surface area contributed by atoms with Crippen LogP contribution in [0.4, 0.5) is 10.8 Å². The highest BCUT2D eigenvalue weighted by atomic mass is 32.2. The predicted molar refractivity (Wildman–Crippen MR) is 99.0 cm³/mol. The van der Waals surface area contributed by atoms with E-state index in [1.165, 1.54) is 11.8 Å². The molecule has 0 spiro atoms. The second-order valence-corrected chi connectivity index (χ2v) is 7.51. The molecular weight excluding hydrogens is 360 g/mol. The maximum atomic E-state index is 5.66. The van der Waals surface area contributed by atoms with Crippen molar-refractivity contribution in [2.45, 2.75) is 11.0 Å². The van der Waals surface area contributed by atoms with Crippen molar-refractivity contribution in [1.29, 1.82) is 0 Å². The smallest absolute Gasteiger partial charge is 0.277 e. The summed E-state index contributed by atoms with van der Waals surface area (Å²) >= 11 is 4.66. The number of thioether (sulfide) groups is 1. The van der Waals surface area contributed by atoms with Crippen LogP contribution in [0.2, 0.25) is 0 Å². The van der Waals surface area contributed by atoms with E-state index in [0.29, 0.717) is 16.9 Å². The van der Waals surface area contributed by atoms with Gasteiger partial charge in [0.15, 0.2) is 5.13 Å². The standard InChI is InChI=1S/C16H12N4OS3/c1-2-5-11(6-3-1)17-15-18-12(9-23-15)10-24-16-20-19-14(21-16)13-7-4-8-22-13/h1-9H,10H2,(H,17,18). The number of aromatic nitrogens is 3. The number of rotatable bonds is 6. The first kappa shape index (κ1) is 15.4. The molecule has 4 rings (SSSR count). The summed E-state index contributed by atoms with van der Waals surface area (Å²) in [5.74, 6) is 1.26. The van der Waals surface area contributed by atoms with Gasteiger partial charge in [-0.15, -0.1) is 32.9 Å². The van der Waals surface area contributed by atoms with Gasteiger partial charge in [0.1, 0.15) is 0 Å². The Hall–Kier alpha value is -2.16. The minimum Gasteiger partial charge on any atom is -0.410 e. The Balaban J connectivity index is 1.36. The first-order chi connectivity index (χ1) is 11.9. The van der Waals surface area contributed by atoms with Crippen LogP contribution >= 0.6 is 34.4 Å². The third kappa shape index (κ3) is 3.66. The second-order valence-electron chi connectivity index (χ2n) is 4.77. The summed E-state index contributed by atoms with van der Waals surface area (Å²) in [6.45, 7) is 0. The molecule has 0 unspecified atom stereocenters. The van der Waals surface area contributed by atoms with E-state index in [1.807, 2.05) is 53.2 Å². The number of thiazole rings is 1. The highest BCUT2D eigenvalue weighted by Crippen LogP contribution is 2.29. The summed E-state index contributed by atoms with van der Waals surface area (Å²) in [6.07, 6.45) is 0. The molecule has 5 nitrogen and oxygen atoms in total. The van der Waals surface area contributed by atoms with Gasteiger partial charge in [-0.1, -0.05) is 36.0 Å². The molecule has 0 aliphatic rings. The van der Waals surface area contributed by atoms with E-state index < -0.39 is 0 Å². The molecule has 4 aromatic rings. The maximum absolute atomic E-state index is 5.66. The van der Waals surface area contributed by atoms with Gasteiger partial charge >= 0.3 is 0 Å². The number of anilines is 2. The van der Waals surface area contributed by atoms with Gasteiger partial charge in [-0.3, -0.25) is 0 Å². The number of benzene rings is 1. The minimum atomic E-state index is 0.559. The SMILES string of the molecule is c1ccc(Nc2nc(CSc3nnc(-c4cccs4)o3)cs2)cc1. The van der Waals surface area contributed by atoms with E-state index in [0.717, 1.165) is 21.4 Å². The average Bonchev–Trinajstić information content (AvgIpc) is 3.35. The van der Waals surface area contributed by atoms with Gasteiger partial charge in [0.2, 0.25) is 0 Å². The van der Waals surface area contributed by atoms with Crippen molar-refractivity contribution in [1.82, 2.24) is 15.2 Å². The third-order valence-electron chi connectivity index (χ3n) is 3.06. The fourth-order valence-corrected chi connectivity index (χ4v) is 4.12. The zero-order chi connectivity index (χ0) is 16.2. The molecule has 0 atom stereocenters. The molecule has 0 saturated heterocycles. The van der Waals surface area contributed by atoms with Crippen LogP contribution in [0.5, 0.6) is 0 Å². The average molecular weight is 373 g/mol. The van der Waals surface area contributed by atoms with Gasteiger partial charge in [0.05, 0.1) is 10.6 Å². The molecule has 3 heterocycles. The summed E-state index contributed by atoms with van der Waals surface area (Å²) < 4.78 is 5.66. The third-order valence-corrected chi connectivity index (χ3v) is 5.58. The van der Waals surface area contributed by atoms with Crippen LogP contribution < -0.4 is 5.32 Å². The lowest BCUT2D eigenvalue weighted by Crippen LogP contribution is -1.89. The van der Waals surface area contributed by atoms with E-state index in [-0.39, 0.29) is 0 Å². The molecule has 3 aromatic heterocycles. The van der Waals surface area contributed by atoms with Gasteiger partial charge in [-0.25, -0.2) is 4.98 Å². The van der Waals surface area contributed by atoms with Gasteiger partial charge in [0.25, 0.3) is 11.1 Å². The van der Waals surface area contributed by atoms with Crippen LogP contribution in [0.25, 0.3) is 10.8 Å². The highest BCUT2D eigenvalue weighted by molar-refractivity contribution is 7.98. The molecule has 0 amide bonds. The fraction of sp³-hybridized carbons (Fsp3) is 0.0625. The summed E-state index contributed by atoms with van der Waals surface area (Å²) in [7, 11) is 0. The number of nitrogens with one attached hydrogen (secondary N) is 1. The van der Waals surface area contributed by atoms with E-state index >= 15 is 0 Å². The van der Waals surface area contributed by atoms with Crippen molar-refractivity contribution in [3.8, 4) is 10.8 Å². The van der Waals surface area contributed by atoms with Crippen molar-refractivity contribution in [2.75, 3.05) is 5.32 Å². The van der Waals surface area contributed by atoms with Crippen molar-refractivity contribution >= 4 is 45.3 Å². The van der Waals surface area contributed by atoms with E-state index in [9.17, 15) is 0 Å². The molecule has 0 radical (unpaired) electrons. The zero-order valence-corrected chi connectivity index (χ0v) is 14.8. The van der Waals surface area contributed by atoms with Crippen LogP contribution in [0.15, 0.2) is 62.9 Å². The van der Waals surface area contributed by atoms with Crippen molar-refractivity contribution in [2.24, 2.45) is 0 Å². The molecule has 24 heavy (non-hydrogen) atoms. The number of nitrogens with zero attached hydrogens (tertiary/aromatic N) is 3. The zero-order valence-electron chi connectivity index (χ0n) is 12.4. The molecule has 0 aliphatic carbocycles. The fourth-order valence-electron chi connectivity index (χ4n) is 1.98. The Morgan fingerprint density at radius 2 is 1.96 bits per heavy atom. The topological polar surface area (TPSA) is 63.8 Å². The van der Waals surface area contributed by atoms with Crippen LogP contribution in [0.1, 0.15) is 5.69 Å². The van der Waals surface area contributed by atoms with Crippen molar-refractivity contribution in [3.05, 3.63) is 58.9 Å². The first-order valence-corrected chi connectivity index (χ1v) is 9.88. The van der Waals surface area contributed by atoms with Gasteiger partial charge < -0.3 is 9.73 Å². The summed E-state index contributed by atoms with van der Waals surface area (Å²) in [5.41, 5.74) is 2.02. The number of para-hydroxylation sites is 1. The normalized spacial score (nSPS) is 10.8. The lowest BCUT2D eigenvalue weighted by molar-refractivity contribution is 0.466.